The van der Waals surface area contributed by atoms with Gasteiger partial charge in [0.2, 0.25) is 0 Å². The second kappa shape index (κ2) is 7.51. The quantitative estimate of drug-likeness (QED) is 0.539. The molecule has 24 heavy (non-hydrogen) atoms. The Balaban J connectivity index is 1.78. The highest BCUT2D eigenvalue weighted by atomic mass is 79.9. The van der Waals surface area contributed by atoms with Crippen LogP contribution in [0.3, 0.4) is 0 Å². The van der Waals surface area contributed by atoms with Gasteiger partial charge in [-0.25, -0.2) is 4.98 Å². The maximum atomic E-state index is 6.38. The number of pyridine rings is 1. The number of nitrogens with zero attached hydrogens (tertiary/aromatic N) is 2. The van der Waals surface area contributed by atoms with E-state index in [0.717, 1.165) is 39.8 Å². The molecule has 0 aliphatic rings. The minimum absolute atomic E-state index is 0.540. The van der Waals surface area contributed by atoms with Gasteiger partial charge in [-0.3, -0.25) is 4.90 Å². The van der Waals surface area contributed by atoms with E-state index in [1.165, 1.54) is 5.56 Å². The molecule has 3 nitrogen and oxygen atoms in total. The minimum Gasteiger partial charge on any atom is -0.497 e. The zero-order chi connectivity index (χ0) is 17.1. The van der Waals surface area contributed by atoms with E-state index >= 15 is 0 Å². The summed E-state index contributed by atoms with van der Waals surface area (Å²) in [7, 11) is 3.73. The zero-order valence-corrected chi connectivity index (χ0v) is 15.9. The molecule has 0 N–H and O–H groups in total. The summed E-state index contributed by atoms with van der Waals surface area (Å²) < 4.78 is 6.33. The largest absolute Gasteiger partial charge is 0.497 e. The van der Waals surface area contributed by atoms with Gasteiger partial charge in [0, 0.05) is 34.6 Å². The second-order valence-corrected chi connectivity index (χ2v) is 7.07. The first-order chi connectivity index (χ1) is 11.5. The maximum absolute atomic E-state index is 6.38. The third kappa shape index (κ3) is 4.07. The number of methoxy groups -OCH3 is 1. The Labute approximate surface area is 155 Å². The molecule has 1 aromatic heterocycles. The second-order valence-electron chi connectivity index (χ2n) is 5.80. The van der Waals surface area contributed by atoms with Gasteiger partial charge < -0.3 is 4.74 Å². The molecule has 0 aliphatic heterocycles. The van der Waals surface area contributed by atoms with E-state index in [1.807, 2.05) is 18.2 Å². The average molecular weight is 406 g/mol. The van der Waals surface area contributed by atoms with Crippen LogP contribution in [0.1, 0.15) is 11.1 Å². The summed E-state index contributed by atoms with van der Waals surface area (Å²) in [4.78, 5) is 6.73. The average Bonchev–Trinajstić information content (AvgIpc) is 2.57. The minimum atomic E-state index is 0.540. The number of ether oxygens (including phenoxy) is 1. The molecule has 0 bridgehead atoms. The SMILES string of the molecule is COc1ccc2cc(CN(C)Cc3ccc(Br)cc3)c(Cl)nc2c1. The monoisotopic (exact) mass is 404 g/mol. The normalized spacial score (nSPS) is 11.2. The van der Waals surface area contributed by atoms with Gasteiger partial charge >= 0.3 is 0 Å². The van der Waals surface area contributed by atoms with Crippen LogP contribution in [0, 0.1) is 0 Å². The molecule has 0 fully saturated rings. The molecule has 0 aliphatic carbocycles. The highest BCUT2D eigenvalue weighted by Crippen LogP contribution is 2.25. The number of hydrogen-bond donors (Lipinski definition) is 0. The lowest BCUT2D eigenvalue weighted by molar-refractivity contribution is 0.319. The summed E-state index contributed by atoms with van der Waals surface area (Å²) in [6.45, 7) is 1.59. The van der Waals surface area contributed by atoms with Crippen LogP contribution in [0.5, 0.6) is 5.75 Å². The summed E-state index contributed by atoms with van der Waals surface area (Å²) in [6, 6.07) is 16.3. The van der Waals surface area contributed by atoms with Gasteiger partial charge in [-0.2, -0.15) is 0 Å². The van der Waals surface area contributed by atoms with E-state index in [0.29, 0.717) is 5.15 Å². The van der Waals surface area contributed by atoms with Crippen LogP contribution in [0.25, 0.3) is 10.9 Å². The highest BCUT2D eigenvalue weighted by Gasteiger charge is 2.09. The highest BCUT2D eigenvalue weighted by molar-refractivity contribution is 9.10. The molecule has 3 aromatic rings. The molecule has 0 unspecified atom stereocenters. The molecule has 0 spiro atoms. The van der Waals surface area contributed by atoms with Crippen LogP contribution in [0.2, 0.25) is 5.15 Å². The standard InChI is InChI=1S/C19H18BrClN2O/c1-23(11-13-3-6-16(20)7-4-13)12-15-9-14-5-8-17(24-2)10-18(14)22-19(15)21/h3-10H,11-12H2,1-2H3. The molecule has 5 heteroatoms. The van der Waals surface area contributed by atoms with Crippen molar-refractivity contribution in [2.75, 3.05) is 14.2 Å². The zero-order valence-electron chi connectivity index (χ0n) is 13.6. The van der Waals surface area contributed by atoms with Crippen molar-refractivity contribution in [1.82, 2.24) is 9.88 Å². The fourth-order valence-corrected chi connectivity index (χ4v) is 3.12. The predicted octanol–water partition coefficient (Wildman–Crippen LogP) is 5.29. The fraction of sp³-hybridized carbons (Fsp3) is 0.211. The Morgan fingerprint density at radius 3 is 2.54 bits per heavy atom. The number of benzene rings is 2. The number of rotatable bonds is 5. The van der Waals surface area contributed by atoms with E-state index in [4.69, 9.17) is 16.3 Å². The lowest BCUT2D eigenvalue weighted by atomic mass is 10.1. The van der Waals surface area contributed by atoms with Gasteiger partial charge in [0.25, 0.3) is 0 Å². The van der Waals surface area contributed by atoms with Crippen molar-refractivity contribution in [3.63, 3.8) is 0 Å². The molecule has 124 valence electrons. The summed E-state index contributed by atoms with van der Waals surface area (Å²) in [6.07, 6.45) is 0. The Kier molecular flexibility index (Phi) is 5.39. The lowest BCUT2D eigenvalue weighted by Gasteiger charge is -2.18. The first kappa shape index (κ1) is 17.2. The van der Waals surface area contributed by atoms with Crippen molar-refractivity contribution in [3.05, 3.63) is 69.3 Å². The van der Waals surface area contributed by atoms with Gasteiger partial charge in [-0.05, 0) is 42.9 Å². The summed E-state index contributed by atoms with van der Waals surface area (Å²) in [5, 5.41) is 1.60. The lowest BCUT2D eigenvalue weighted by Crippen LogP contribution is -2.17. The Morgan fingerprint density at radius 2 is 1.83 bits per heavy atom. The number of fused-ring (bicyclic) bond motifs is 1. The van der Waals surface area contributed by atoms with Gasteiger partial charge in [0.1, 0.15) is 10.9 Å². The van der Waals surface area contributed by atoms with Crippen molar-refractivity contribution in [2.45, 2.75) is 13.1 Å². The molecule has 2 aromatic carbocycles. The van der Waals surface area contributed by atoms with Crippen LogP contribution >= 0.6 is 27.5 Å². The third-order valence-corrected chi connectivity index (χ3v) is 4.71. The molecular weight excluding hydrogens is 388 g/mol. The third-order valence-electron chi connectivity index (χ3n) is 3.86. The van der Waals surface area contributed by atoms with Crippen molar-refractivity contribution in [3.8, 4) is 5.75 Å². The Morgan fingerprint density at radius 1 is 1.08 bits per heavy atom. The summed E-state index contributed by atoms with van der Waals surface area (Å²) >= 11 is 9.84. The molecule has 1 heterocycles. The molecule has 0 atom stereocenters. The van der Waals surface area contributed by atoms with Crippen LogP contribution in [0.4, 0.5) is 0 Å². The molecule has 0 saturated heterocycles. The molecule has 3 rings (SSSR count). The maximum Gasteiger partial charge on any atom is 0.134 e. The van der Waals surface area contributed by atoms with E-state index in [-0.39, 0.29) is 0 Å². The van der Waals surface area contributed by atoms with E-state index < -0.39 is 0 Å². The van der Waals surface area contributed by atoms with E-state index in [1.54, 1.807) is 7.11 Å². The first-order valence-corrected chi connectivity index (χ1v) is 8.78. The van der Waals surface area contributed by atoms with Crippen molar-refractivity contribution < 1.29 is 4.74 Å². The summed E-state index contributed by atoms with van der Waals surface area (Å²) in [5.41, 5.74) is 3.13. The molecular formula is C19H18BrClN2O. The van der Waals surface area contributed by atoms with E-state index in [9.17, 15) is 0 Å². The number of hydrogen-bond acceptors (Lipinski definition) is 3. The molecule has 0 amide bonds. The number of halogens is 2. The Hall–Kier alpha value is -1.62. The molecule has 0 radical (unpaired) electrons. The summed E-state index contributed by atoms with van der Waals surface area (Å²) in [5.74, 6) is 0.783. The predicted molar refractivity (Wildman–Crippen MR) is 103 cm³/mol. The Bertz CT molecular complexity index is 852. The van der Waals surface area contributed by atoms with Crippen molar-refractivity contribution in [2.24, 2.45) is 0 Å². The van der Waals surface area contributed by atoms with Crippen molar-refractivity contribution in [1.29, 1.82) is 0 Å². The van der Waals surface area contributed by atoms with Gasteiger partial charge in [0.05, 0.1) is 12.6 Å². The van der Waals surface area contributed by atoms with E-state index in [2.05, 4.69) is 63.2 Å². The van der Waals surface area contributed by atoms with Crippen LogP contribution in [-0.4, -0.2) is 24.0 Å². The smallest absolute Gasteiger partial charge is 0.134 e. The van der Waals surface area contributed by atoms with Crippen molar-refractivity contribution >= 4 is 38.4 Å². The van der Waals surface area contributed by atoms with Crippen LogP contribution in [0.15, 0.2) is 53.0 Å². The van der Waals surface area contributed by atoms with Crippen LogP contribution in [-0.2, 0) is 13.1 Å². The number of aromatic nitrogens is 1. The fourth-order valence-electron chi connectivity index (χ4n) is 2.65. The van der Waals surface area contributed by atoms with Crippen LogP contribution < -0.4 is 4.74 Å². The van der Waals surface area contributed by atoms with Gasteiger partial charge in [-0.1, -0.05) is 39.7 Å². The molecule has 0 saturated carbocycles. The van der Waals surface area contributed by atoms with Gasteiger partial charge in [0.15, 0.2) is 0 Å². The topological polar surface area (TPSA) is 25.4 Å². The first-order valence-electron chi connectivity index (χ1n) is 7.61. The van der Waals surface area contributed by atoms with Gasteiger partial charge in [-0.15, -0.1) is 0 Å².